The Morgan fingerprint density at radius 1 is 0.750 bits per heavy atom. The van der Waals surface area contributed by atoms with Gasteiger partial charge in [0, 0.05) is 24.0 Å². The minimum atomic E-state index is -4.42. The van der Waals surface area contributed by atoms with Gasteiger partial charge in [0.15, 0.2) is 0 Å². The normalized spacial score (nSPS) is 11.4. The highest BCUT2D eigenvalue weighted by Crippen LogP contribution is 2.33. The Morgan fingerprint density at radius 3 is 2.20 bits per heavy atom. The summed E-state index contributed by atoms with van der Waals surface area (Å²) in [6.07, 6.45) is 4.29. The van der Waals surface area contributed by atoms with Gasteiger partial charge in [0.2, 0.25) is 5.91 Å². The Labute approximate surface area is 256 Å². The van der Waals surface area contributed by atoms with E-state index in [1.807, 2.05) is 30.3 Å². The van der Waals surface area contributed by atoms with Crippen molar-refractivity contribution in [2.45, 2.75) is 71.0 Å². The molecule has 0 saturated heterocycles. The van der Waals surface area contributed by atoms with E-state index < -0.39 is 11.7 Å². The fraction of sp³-hybridized carbons (Fsp3) is 0.333. The van der Waals surface area contributed by atoms with Crippen molar-refractivity contribution in [1.29, 1.82) is 0 Å². The zero-order valence-corrected chi connectivity index (χ0v) is 25.0. The summed E-state index contributed by atoms with van der Waals surface area (Å²) in [5, 5.41) is 7.42. The van der Waals surface area contributed by atoms with Gasteiger partial charge in [0.05, 0.1) is 12.0 Å². The van der Waals surface area contributed by atoms with E-state index in [0.29, 0.717) is 30.8 Å². The van der Waals surface area contributed by atoms with Crippen molar-refractivity contribution in [1.82, 2.24) is 10.6 Å². The molecule has 0 fully saturated rings. The summed E-state index contributed by atoms with van der Waals surface area (Å²) in [7, 11) is 0. The van der Waals surface area contributed by atoms with Crippen LogP contribution in [0.2, 0.25) is 0 Å². The van der Waals surface area contributed by atoms with Gasteiger partial charge in [0.25, 0.3) is 5.91 Å². The van der Waals surface area contributed by atoms with E-state index in [1.54, 1.807) is 30.3 Å². The fourth-order valence-electron chi connectivity index (χ4n) is 5.01. The molecule has 0 spiro atoms. The molecule has 2 amide bonds. The Morgan fingerprint density at radius 2 is 1.45 bits per heavy atom. The largest absolute Gasteiger partial charge is 0.457 e. The predicted octanol–water partition coefficient (Wildman–Crippen LogP) is 8.99. The Hall–Kier alpha value is -4.33. The van der Waals surface area contributed by atoms with Crippen molar-refractivity contribution in [3.05, 3.63) is 107 Å². The van der Waals surface area contributed by atoms with Crippen molar-refractivity contribution < 1.29 is 27.5 Å². The summed E-state index contributed by atoms with van der Waals surface area (Å²) < 4.78 is 44.5. The van der Waals surface area contributed by atoms with Crippen LogP contribution < -0.4 is 15.4 Å². The van der Waals surface area contributed by atoms with Crippen molar-refractivity contribution >= 4 is 22.6 Å². The smallest absolute Gasteiger partial charge is 0.416 e. The number of carbonyl (C=O) groups is 2. The summed E-state index contributed by atoms with van der Waals surface area (Å²) in [6, 6.07) is 22.7. The van der Waals surface area contributed by atoms with E-state index in [4.69, 9.17) is 4.74 Å². The van der Waals surface area contributed by atoms with Crippen LogP contribution >= 0.6 is 0 Å². The Bertz CT molecular complexity index is 1530. The molecule has 2 N–H and O–H groups in total. The maximum Gasteiger partial charge on any atom is 0.416 e. The van der Waals surface area contributed by atoms with E-state index in [0.717, 1.165) is 46.9 Å². The second kappa shape index (κ2) is 15.9. The number of alkyl halides is 3. The number of rotatable bonds is 15. The predicted molar refractivity (Wildman–Crippen MR) is 168 cm³/mol. The number of carbonyl (C=O) groups excluding carboxylic acids is 2. The molecule has 232 valence electrons. The van der Waals surface area contributed by atoms with Crippen LogP contribution in [0.5, 0.6) is 11.5 Å². The molecule has 0 heterocycles. The minimum Gasteiger partial charge on any atom is -0.457 e. The monoisotopic (exact) mass is 604 g/mol. The highest BCUT2D eigenvalue weighted by Gasteiger charge is 2.30. The summed E-state index contributed by atoms with van der Waals surface area (Å²) >= 11 is 0. The van der Waals surface area contributed by atoms with Gasteiger partial charge in [-0.3, -0.25) is 9.59 Å². The average Bonchev–Trinajstić information content (AvgIpc) is 3.01. The third kappa shape index (κ3) is 9.86. The quantitative estimate of drug-likeness (QED) is 0.133. The molecule has 0 bridgehead atoms. The van der Waals surface area contributed by atoms with Gasteiger partial charge in [-0.25, -0.2) is 0 Å². The molecule has 0 unspecified atom stereocenters. The topological polar surface area (TPSA) is 67.4 Å². The highest BCUT2D eigenvalue weighted by molar-refractivity contribution is 6.00. The first-order valence-corrected chi connectivity index (χ1v) is 15.2. The number of hydrogen-bond donors (Lipinski definition) is 2. The molecule has 0 aliphatic carbocycles. The molecule has 0 aliphatic heterocycles. The van der Waals surface area contributed by atoms with Gasteiger partial charge in [0.1, 0.15) is 11.5 Å². The molecule has 44 heavy (non-hydrogen) atoms. The van der Waals surface area contributed by atoms with Gasteiger partial charge >= 0.3 is 6.18 Å². The standard InChI is InChI=1S/C36H39F3N2O3/c1-2-3-4-5-6-7-8-21-40-34(42)23-26-11-9-12-27(22-26)25-41-35(43)29-15-20-32-28(24-29)13-10-14-33(32)44-31-18-16-30(17-19-31)36(37,38)39/h9-20,22,24H,2-8,21,23,25H2,1H3,(H,40,42)(H,41,43). The highest BCUT2D eigenvalue weighted by atomic mass is 19.4. The molecule has 8 heteroatoms. The maximum atomic E-state index is 13.0. The van der Waals surface area contributed by atoms with Crippen LogP contribution in [0.3, 0.4) is 0 Å². The first-order valence-electron chi connectivity index (χ1n) is 15.2. The zero-order chi connectivity index (χ0) is 31.4. The van der Waals surface area contributed by atoms with Crippen molar-refractivity contribution in [2.24, 2.45) is 0 Å². The first-order chi connectivity index (χ1) is 21.2. The van der Waals surface area contributed by atoms with Gasteiger partial charge in [-0.2, -0.15) is 13.2 Å². The zero-order valence-electron chi connectivity index (χ0n) is 25.0. The lowest BCUT2D eigenvalue weighted by molar-refractivity contribution is -0.137. The van der Waals surface area contributed by atoms with Crippen molar-refractivity contribution in [3.63, 3.8) is 0 Å². The first kappa shape index (κ1) is 32.6. The van der Waals surface area contributed by atoms with Gasteiger partial charge in [-0.05, 0) is 71.5 Å². The second-order valence-electron chi connectivity index (χ2n) is 11.0. The van der Waals surface area contributed by atoms with E-state index in [1.165, 1.54) is 44.2 Å². The van der Waals surface area contributed by atoms with Crippen LogP contribution in [0.4, 0.5) is 13.2 Å². The molecule has 0 radical (unpaired) electrons. The number of amides is 2. The number of halogens is 3. The van der Waals surface area contributed by atoms with Crippen LogP contribution in [0, 0.1) is 0 Å². The Balaban J connectivity index is 1.28. The van der Waals surface area contributed by atoms with E-state index in [2.05, 4.69) is 17.6 Å². The molecule has 4 rings (SSSR count). The Kier molecular flexibility index (Phi) is 11.8. The number of unbranched alkanes of at least 4 members (excludes halogenated alkanes) is 6. The molecule has 5 nitrogen and oxygen atoms in total. The lowest BCUT2D eigenvalue weighted by atomic mass is 10.0. The van der Waals surface area contributed by atoms with Crippen LogP contribution in [-0.2, 0) is 23.9 Å². The minimum absolute atomic E-state index is 0.00463. The summed E-state index contributed by atoms with van der Waals surface area (Å²) in [4.78, 5) is 25.4. The maximum absolute atomic E-state index is 13.0. The van der Waals surface area contributed by atoms with E-state index in [9.17, 15) is 22.8 Å². The fourth-order valence-corrected chi connectivity index (χ4v) is 5.01. The van der Waals surface area contributed by atoms with E-state index in [-0.39, 0.29) is 17.6 Å². The molecule has 0 saturated carbocycles. The molecule has 0 atom stereocenters. The lowest BCUT2D eigenvalue weighted by Gasteiger charge is -2.12. The van der Waals surface area contributed by atoms with Crippen molar-refractivity contribution in [3.8, 4) is 11.5 Å². The number of hydrogen-bond acceptors (Lipinski definition) is 3. The molecule has 4 aromatic carbocycles. The van der Waals surface area contributed by atoms with Crippen molar-refractivity contribution in [2.75, 3.05) is 6.54 Å². The van der Waals surface area contributed by atoms with Crippen LogP contribution in [0.25, 0.3) is 10.8 Å². The molecule has 0 aliphatic rings. The number of benzene rings is 4. The van der Waals surface area contributed by atoms with Gasteiger partial charge < -0.3 is 15.4 Å². The number of ether oxygens (including phenoxy) is 1. The summed E-state index contributed by atoms with van der Waals surface area (Å²) in [5.74, 6) is 0.492. The molecule has 0 aromatic heterocycles. The second-order valence-corrected chi connectivity index (χ2v) is 11.0. The third-order valence-electron chi connectivity index (χ3n) is 7.42. The summed E-state index contributed by atoms with van der Waals surface area (Å²) in [6.45, 7) is 3.21. The molecular weight excluding hydrogens is 565 g/mol. The van der Waals surface area contributed by atoms with Gasteiger partial charge in [-0.15, -0.1) is 0 Å². The summed E-state index contributed by atoms with van der Waals surface area (Å²) in [5.41, 5.74) is 1.50. The number of nitrogens with one attached hydrogen (secondary N) is 2. The third-order valence-corrected chi connectivity index (χ3v) is 7.42. The van der Waals surface area contributed by atoms with Crippen LogP contribution in [0.15, 0.2) is 84.9 Å². The lowest BCUT2D eigenvalue weighted by Crippen LogP contribution is -2.26. The number of fused-ring (bicyclic) bond motifs is 1. The SMILES string of the molecule is CCCCCCCCCNC(=O)Cc1cccc(CNC(=O)c2ccc3c(Oc4ccc(C(F)(F)F)cc4)cccc3c2)c1. The van der Waals surface area contributed by atoms with Crippen LogP contribution in [0.1, 0.15) is 78.9 Å². The molecular formula is C36H39F3N2O3. The van der Waals surface area contributed by atoms with Gasteiger partial charge in [-0.1, -0.05) is 81.8 Å². The van der Waals surface area contributed by atoms with E-state index >= 15 is 0 Å². The average molecular weight is 605 g/mol. The molecule has 4 aromatic rings. The van der Waals surface area contributed by atoms with Crippen LogP contribution in [-0.4, -0.2) is 18.4 Å².